The maximum Gasteiger partial charge on any atom is 0.407 e. The van der Waals surface area contributed by atoms with E-state index in [-0.39, 0.29) is 24.4 Å². The van der Waals surface area contributed by atoms with Gasteiger partial charge < -0.3 is 20.3 Å². The zero-order valence-electron chi connectivity index (χ0n) is 12.8. The Morgan fingerprint density at radius 3 is 2.71 bits per heavy atom. The second-order valence-electron chi connectivity index (χ2n) is 5.00. The number of benzene rings is 1. The Bertz CT molecular complexity index is 715. The molecule has 0 saturated heterocycles. The van der Waals surface area contributed by atoms with Crippen molar-refractivity contribution in [2.45, 2.75) is 18.8 Å². The summed E-state index contributed by atoms with van der Waals surface area (Å²) in [5.74, 6) is 0. The Morgan fingerprint density at radius 2 is 2.00 bits per heavy atom. The molecule has 1 heterocycles. The molecule has 2 aromatic rings. The van der Waals surface area contributed by atoms with Crippen LogP contribution in [0.5, 0.6) is 0 Å². The molecule has 2 atom stereocenters. The molecule has 0 bridgehead atoms. The molecule has 2 unspecified atom stereocenters. The van der Waals surface area contributed by atoms with Gasteiger partial charge in [-0.1, -0.05) is 30.3 Å². The number of pyridine rings is 1. The highest BCUT2D eigenvalue weighted by molar-refractivity contribution is 5.67. The lowest BCUT2D eigenvalue weighted by molar-refractivity contribution is 0.0157. The van der Waals surface area contributed by atoms with Gasteiger partial charge in [0.15, 0.2) is 0 Å². The van der Waals surface area contributed by atoms with Crippen LogP contribution in [0.25, 0.3) is 0 Å². The monoisotopic (exact) mass is 327 g/mol. The number of hydrogen-bond donors (Lipinski definition) is 3. The molecule has 0 saturated carbocycles. The predicted octanol–water partition coefficient (Wildman–Crippen LogP) is 1.27. The van der Waals surface area contributed by atoms with Crippen molar-refractivity contribution < 1.29 is 19.7 Å². The maximum atomic E-state index is 11.6. The molecule has 3 N–H and O–H groups in total. The fourth-order valence-electron chi connectivity index (χ4n) is 2.00. The molecule has 7 heteroatoms. The van der Waals surface area contributed by atoms with E-state index >= 15 is 0 Å². The molecule has 2 rings (SSSR count). The number of ether oxygens (including phenoxy) is 1. The molecule has 124 valence electrons. The summed E-state index contributed by atoms with van der Waals surface area (Å²) in [6.45, 7) is -0.139. The average molecular weight is 327 g/mol. The summed E-state index contributed by atoms with van der Waals surface area (Å²) in [5.41, 5.74) is 1.06. The van der Waals surface area contributed by atoms with Gasteiger partial charge in [-0.25, -0.2) is 4.79 Å². The molecular formula is C17H17N3O4. The molecule has 1 aromatic carbocycles. The van der Waals surface area contributed by atoms with Gasteiger partial charge in [-0.15, -0.1) is 0 Å². The lowest BCUT2D eigenvalue weighted by Gasteiger charge is -2.18. The van der Waals surface area contributed by atoms with Crippen LogP contribution in [0.3, 0.4) is 0 Å². The molecule has 7 nitrogen and oxygen atoms in total. The first-order valence-electron chi connectivity index (χ1n) is 7.27. The molecule has 0 aliphatic carbocycles. The number of amides is 1. The van der Waals surface area contributed by atoms with Gasteiger partial charge in [0, 0.05) is 12.7 Å². The summed E-state index contributed by atoms with van der Waals surface area (Å²) >= 11 is 0. The van der Waals surface area contributed by atoms with Crippen LogP contribution in [-0.4, -0.2) is 33.9 Å². The Hall–Kier alpha value is -2.95. The number of aliphatic hydroxyl groups excluding tert-OH is 2. The van der Waals surface area contributed by atoms with Crippen molar-refractivity contribution in [2.75, 3.05) is 6.54 Å². The van der Waals surface area contributed by atoms with Gasteiger partial charge in [0.05, 0.1) is 11.3 Å². The topological polar surface area (TPSA) is 115 Å². The van der Waals surface area contributed by atoms with Gasteiger partial charge in [0.1, 0.15) is 24.9 Å². The van der Waals surface area contributed by atoms with Crippen molar-refractivity contribution in [3.63, 3.8) is 0 Å². The third-order valence-electron chi connectivity index (χ3n) is 3.27. The van der Waals surface area contributed by atoms with Gasteiger partial charge in [0.2, 0.25) is 0 Å². The van der Waals surface area contributed by atoms with E-state index in [1.807, 2.05) is 36.4 Å². The Kier molecular flexibility index (Phi) is 6.25. The number of nitriles is 1. The van der Waals surface area contributed by atoms with Crippen LogP contribution >= 0.6 is 0 Å². The summed E-state index contributed by atoms with van der Waals surface area (Å²) in [7, 11) is 0. The predicted molar refractivity (Wildman–Crippen MR) is 84.5 cm³/mol. The molecule has 0 fully saturated rings. The number of nitrogens with zero attached hydrogens (tertiary/aromatic N) is 2. The number of carbonyl (C=O) groups is 1. The smallest absolute Gasteiger partial charge is 0.407 e. The number of alkyl carbamates (subject to hydrolysis) is 1. The van der Waals surface area contributed by atoms with Crippen molar-refractivity contribution in [1.29, 1.82) is 5.26 Å². The first-order valence-corrected chi connectivity index (χ1v) is 7.27. The van der Waals surface area contributed by atoms with Crippen LogP contribution in [0.4, 0.5) is 4.79 Å². The van der Waals surface area contributed by atoms with E-state index in [1.54, 1.807) is 6.07 Å². The van der Waals surface area contributed by atoms with Gasteiger partial charge >= 0.3 is 6.09 Å². The van der Waals surface area contributed by atoms with Crippen molar-refractivity contribution in [3.05, 3.63) is 65.5 Å². The van der Waals surface area contributed by atoms with E-state index in [2.05, 4.69) is 10.3 Å². The van der Waals surface area contributed by atoms with E-state index in [0.717, 1.165) is 5.56 Å². The summed E-state index contributed by atoms with van der Waals surface area (Å²) < 4.78 is 5.00. The minimum absolute atomic E-state index is 0.0620. The summed E-state index contributed by atoms with van der Waals surface area (Å²) in [4.78, 5) is 15.5. The van der Waals surface area contributed by atoms with E-state index in [0.29, 0.717) is 0 Å². The lowest BCUT2D eigenvalue weighted by Crippen LogP contribution is -2.36. The Balaban J connectivity index is 1.82. The Labute approximate surface area is 139 Å². The minimum atomic E-state index is -1.39. The van der Waals surface area contributed by atoms with Crippen LogP contribution in [-0.2, 0) is 11.3 Å². The second-order valence-corrected chi connectivity index (χ2v) is 5.00. The van der Waals surface area contributed by atoms with E-state index in [1.165, 1.54) is 12.3 Å². The van der Waals surface area contributed by atoms with Crippen LogP contribution in [0.15, 0.2) is 48.7 Å². The normalized spacial score (nSPS) is 12.7. The number of hydrogen-bond acceptors (Lipinski definition) is 6. The minimum Gasteiger partial charge on any atom is -0.445 e. The zero-order chi connectivity index (χ0) is 17.4. The molecule has 0 aliphatic heterocycles. The lowest BCUT2D eigenvalue weighted by atomic mass is 10.1. The highest BCUT2D eigenvalue weighted by atomic mass is 16.5. The van der Waals surface area contributed by atoms with Crippen molar-refractivity contribution >= 4 is 6.09 Å². The number of nitrogens with one attached hydrogen (secondary N) is 1. The highest BCUT2D eigenvalue weighted by Crippen LogP contribution is 2.17. The molecule has 1 amide bonds. The van der Waals surface area contributed by atoms with E-state index < -0.39 is 18.3 Å². The van der Waals surface area contributed by atoms with Crippen molar-refractivity contribution in [1.82, 2.24) is 10.3 Å². The van der Waals surface area contributed by atoms with Gasteiger partial charge in [-0.05, 0) is 17.7 Å². The fourth-order valence-corrected chi connectivity index (χ4v) is 2.00. The molecule has 0 spiro atoms. The van der Waals surface area contributed by atoms with Crippen LogP contribution < -0.4 is 5.32 Å². The van der Waals surface area contributed by atoms with Crippen LogP contribution in [0.2, 0.25) is 0 Å². The number of aliphatic hydroxyl groups is 2. The average Bonchev–Trinajstić information content (AvgIpc) is 2.64. The number of rotatable bonds is 6. The first-order chi connectivity index (χ1) is 11.6. The summed E-state index contributed by atoms with van der Waals surface area (Å²) in [6, 6.07) is 14.1. The van der Waals surface area contributed by atoms with Crippen molar-refractivity contribution in [3.8, 4) is 6.07 Å². The quantitative estimate of drug-likeness (QED) is 0.736. The second kappa shape index (κ2) is 8.62. The summed E-state index contributed by atoms with van der Waals surface area (Å²) in [5, 5.41) is 31.4. The van der Waals surface area contributed by atoms with E-state index in [4.69, 9.17) is 10.00 Å². The maximum absolute atomic E-state index is 11.6. The third-order valence-corrected chi connectivity index (χ3v) is 3.27. The zero-order valence-corrected chi connectivity index (χ0v) is 12.8. The molecule has 24 heavy (non-hydrogen) atoms. The number of carbonyl (C=O) groups excluding carboxylic acids is 1. The largest absolute Gasteiger partial charge is 0.445 e. The Morgan fingerprint density at radius 1 is 1.25 bits per heavy atom. The molecule has 0 aliphatic rings. The number of aromatic nitrogens is 1. The van der Waals surface area contributed by atoms with Crippen molar-refractivity contribution in [2.24, 2.45) is 0 Å². The highest BCUT2D eigenvalue weighted by Gasteiger charge is 2.23. The molecular weight excluding hydrogens is 310 g/mol. The van der Waals surface area contributed by atoms with Gasteiger partial charge in [-0.3, -0.25) is 4.98 Å². The van der Waals surface area contributed by atoms with Gasteiger partial charge in [0.25, 0.3) is 0 Å². The fraction of sp³-hybridized carbons (Fsp3) is 0.235. The van der Waals surface area contributed by atoms with E-state index in [9.17, 15) is 15.0 Å². The third kappa shape index (κ3) is 4.78. The standard InChI is InChI=1S/C17H17N3O4/c18-9-13-7-4-8-19-15(13)16(22)14(21)10-20-17(23)24-11-12-5-2-1-3-6-12/h1-8,14,16,21-22H,10-11H2,(H,20,23). The molecule has 0 radical (unpaired) electrons. The van der Waals surface area contributed by atoms with Crippen LogP contribution in [0, 0.1) is 11.3 Å². The summed E-state index contributed by atoms with van der Waals surface area (Å²) in [6.07, 6.45) is -2.02. The first kappa shape index (κ1) is 17.4. The van der Waals surface area contributed by atoms with Gasteiger partial charge in [-0.2, -0.15) is 5.26 Å². The van der Waals surface area contributed by atoms with Crippen LogP contribution in [0.1, 0.15) is 22.9 Å². The SMILES string of the molecule is N#Cc1cccnc1C(O)C(O)CNC(=O)OCc1ccccc1. The molecule has 1 aromatic heterocycles.